The first-order valence-electron chi connectivity index (χ1n) is 6.20. The average Bonchev–Trinajstić information content (AvgIpc) is 2.39. The normalized spacial score (nSPS) is 10.6. The Kier molecular flexibility index (Phi) is 7.10. The van der Waals surface area contributed by atoms with Crippen LogP contribution in [0.3, 0.4) is 0 Å². The number of hydrogen-bond acceptors (Lipinski definition) is 5. The van der Waals surface area contributed by atoms with Crippen molar-refractivity contribution in [3.05, 3.63) is 29.8 Å². The predicted molar refractivity (Wildman–Crippen MR) is 81.6 cm³/mol. The minimum atomic E-state index is -0.230. The highest BCUT2D eigenvalue weighted by molar-refractivity contribution is 7.80. The quantitative estimate of drug-likeness (QED) is 0.485. The summed E-state index contributed by atoms with van der Waals surface area (Å²) in [5.74, 6) is -0.230. The molecule has 0 saturated heterocycles. The van der Waals surface area contributed by atoms with Gasteiger partial charge in [-0.1, -0.05) is 24.4 Å². The first-order valence-corrected chi connectivity index (χ1v) is 6.61. The molecular weight excluding hydrogens is 278 g/mol. The summed E-state index contributed by atoms with van der Waals surface area (Å²) in [6.07, 6.45) is 0. The number of rotatable bonds is 8. The topological polar surface area (TPSA) is 98.8 Å². The molecule has 1 amide bonds. The zero-order valence-electron chi connectivity index (χ0n) is 11.1. The Morgan fingerprint density at radius 3 is 2.50 bits per heavy atom. The number of thiocarbonyl (C=S) groups is 1. The Bertz CT molecular complexity index is 462. The summed E-state index contributed by atoms with van der Waals surface area (Å²) in [5, 5.41) is 20.5. The minimum Gasteiger partial charge on any atom is -0.395 e. The molecular formula is C13H19N3O3S. The van der Waals surface area contributed by atoms with E-state index in [0.29, 0.717) is 24.3 Å². The van der Waals surface area contributed by atoms with E-state index in [1.165, 1.54) is 0 Å². The standard InChI is InChI=1S/C13H19N3O3S/c14-13(20)10-2-1-3-11(8-10)15-12(19)9-16(4-6-17)5-7-18/h1-3,8,17-18H,4-7,9H2,(H2,14,20)(H,15,19). The second kappa shape index (κ2) is 8.60. The lowest BCUT2D eigenvalue weighted by atomic mass is 10.2. The van der Waals surface area contributed by atoms with Crippen LogP contribution < -0.4 is 11.1 Å². The van der Waals surface area contributed by atoms with E-state index >= 15 is 0 Å². The molecule has 0 aliphatic carbocycles. The van der Waals surface area contributed by atoms with Gasteiger partial charge in [0.25, 0.3) is 0 Å². The van der Waals surface area contributed by atoms with Crippen molar-refractivity contribution in [2.24, 2.45) is 5.73 Å². The molecule has 0 spiro atoms. The summed E-state index contributed by atoms with van der Waals surface area (Å²) in [4.78, 5) is 13.8. The van der Waals surface area contributed by atoms with Gasteiger partial charge in [0.2, 0.25) is 5.91 Å². The SMILES string of the molecule is NC(=S)c1cccc(NC(=O)CN(CCO)CCO)c1. The van der Waals surface area contributed by atoms with Crippen LogP contribution >= 0.6 is 12.2 Å². The molecule has 0 aliphatic heterocycles. The van der Waals surface area contributed by atoms with Gasteiger partial charge in [0.05, 0.1) is 19.8 Å². The third-order valence-corrected chi connectivity index (χ3v) is 2.87. The molecule has 0 heterocycles. The number of carbonyl (C=O) groups excluding carboxylic acids is 1. The van der Waals surface area contributed by atoms with Crippen LogP contribution in [0, 0.1) is 0 Å². The lowest BCUT2D eigenvalue weighted by Crippen LogP contribution is -2.37. The molecule has 110 valence electrons. The van der Waals surface area contributed by atoms with Gasteiger partial charge < -0.3 is 21.3 Å². The van der Waals surface area contributed by atoms with Crippen molar-refractivity contribution in [3.8, 4) is 0 Å². The molecule has 7 heteroatoms. The van der Waals surface area contributed by atoms with Gasteiger partial charge >= 0.3 is 0 Å². The fourth-order valence-corrected chi connectivity index (χ4v) is 1.83. The number of carbonyl (C=O) groups is 1. The number of amides is 1. The van der Waals surface area contributed by atoms with Gasteiger partial charge in [-0.15, -0.1) is 0 Å². The summed E-state index contributed by atoms with van der Waals surface area (Å²) < 4.78 is 0. The van der Waals surface area contributed by atoms with Crippen molar-refractivity contribution in [2.45, 2.75) is 0 Å². The number of hydrogen-bond donors (Lipinski definition) is 4. The van der Waals surface area contributed by atoms with E-state index in [4.69, 9.17) is 28.2 Å². The van der Waals surface area contributed by atoms with Crippen LogP contribution in [0.2, 0.25) is 0 Å². The number of nitrogens with one attached hydrogen (secondary N) is 1. The van der Waals surface area contributed by atoms with Crippen LogP contribution in [0.25, 0.3) is 0 Å². The fourth-order valence-electron chi connectivity index (χ4n) is 1.71. The van der Waals surface area contributed by atoms with Crippen molar-refractivity contribution in [1.29, 1.82) is 0 Å². The molecule has 6 nitrogen and oxygen atoms in total. The molecule has 0 atom stereocenters. The fraction of sp³-hybridized carbons (Fsp3) is 0.385. The smallest absolute Gasteiger partial charge is 0.238 e. The van der Waals surface area contributed by atoms with Crippen LogP contribution in [0.5, 0.6) is 0 Å². The molecule has 5 N–H and O–H groups in total. The number of nitrogens with zero attached hydrogens (tertiary/aromatic N) is 1. The summed E-state index contributed by atoms with van der Waals surface area (Å²) in [6, 6.07) is 6.95. The number of benzene rings is 1. The van der Waals surface area contributed by atoms with E-state index in [1.807, 2.05) is 0 Å². The van der Waals surface area contributed by atoms with Crippen molar-refractivity contribution in [2.75, 3.05) is 38.2 Å². The largest absolute Gasteiger partial charge is 0.395 e. The Morgan fingerprint density at radius 2 is 1.95 bits per heavy atom. The highest BCUT2D eigenvalue weighted by Crippen LogP contribution is 2.10. The maximum Gasteiger partial charge on any atom is 0.238 e. The zero-order valence-corrected chi connectivity index (χ0v) is 11.9. The molecule has 0 unspecified atom stereocenters. The zero-order chi connectivity index (χ0) is 15.0. The highest BCUT2D eigenvalue weighted by Gasteiger charge is 2.10. The maximum absolute atomic E-state index is 11.9. The first kappa shape index (κ1) is 16.5. The third kappa shape index (κ3) is 5.62. The monoisotopic (exact) mass is 297 g/mol. The maximum atomic E-state index is 11.9. The Hall–Kier alpha value is -1.54. The molecule has 0 bridgehead atoms. The summed E-state index contributed by atoms with van der Waals surface area (Å²) in [5.41, 5.74) is 6.81. The minimum absolute atomic E-state index is 0.0653. The van der Waals surface area contributed by atoms with Gasteiger partial charge in [0, 0.05) is 24.3 Å². The highest BCUT2D eigenvalue weighted by atomic mass is 32.1. The van der Waals surface area contributed by atoms with Gasteiger partial charge in [-0.25, -0.2) is 0 Å². The Morgan fingerprint density at radius 1 is 1.30 bits per heavy atom. The average molecular weight is 297 g/mol. The van der Waals surface area contributed by atoms with Gasteiger partial charge in [0.15, 0.2) is 0 Å². The molecule has 1 aromatic rings. The first-order chi connectivity index (χ1) is 9.56. The van der Waals surface area contributed by atoms with Gasteiger partial charge in [0.1, 0.15) is 4.99 Å². The molecule has 0 aliphatic rings. The van der Waals surface area contributed by atoms with Gasteiger partial charge in [-0.05, 0) is 12.1 Å². The molecule has 20 heavy (non-hydrogen) atoms. The van der Waals surface area contributed by atoms with Gasteiger partial charge in [-0.3, -0.25) is 9.69 Å². The molecule has 0 radical (unpaired) electrons. The van der Waals surface area contributed by atoms with E-state index in [9.17, 15) is 4.79 Å². The predicted octanol–water partition coefficient (Wildman–Crippen LogP) is -0.454. The lowest BCUT2D eigenvalue weighted by Gasteiger charge is -2.19. The molecule has 0 aromatic heterocycles. The van der Waals surface area contributed by atoms with Crippen molar-refractivity contribution in [1.82, 2.24) is 4.90 Å². The Labute approximate surface area is 123 Å². The summed E-state index contributed by atoms with van der Waals surface area (Å²) in [7, 11) is 0. The van der Waals surface area contributed by atoms with E-state index in [-0.39, 0.29) is 30.7 Å². The van der Waals surface area contributed by atoms with Crippen LogP contribution in [0.15, 0.2) is 24.3 Å². The lowest BCUT2D eigenvalue weighted by molar-refractivity contribution is -0.117. The van der Waals surface area contributed by atoms with E-state index < -0.39 is 0 Å². The van der Waals surface area contributed by atoms with Crippen LogP contribution in [0.4, 0.5) is 5.69 Å². The van der Waals surface area contributed by atoms with E-state index in [1.54, 1.807) is 29.2 Å². The number of aliphatic hydroxyl groups is 2. The molecule has 0 fully saturated rings. The third-order valence-electron chi connectivity index (χ3n) is 2.63. The second-order valence-electron chi connectivity index (χ2n) is 4.22. The Balaban J connectivity index is 2.60. The molecule has 0 saturated carbocycles. The van der Waals surface area contributed by atoms with Crippen molar-refractivity contribution < 1.29 is 15.0 Å². The van der Waals surface area contributed by atoms with Crippen LogP contribution in [-0.2, 0) is 4.79 Å². The second-order valence-corrected chi connectivity index (χ2v) is 4.66. The number of anilines is 1. The summed E-state index contributed by atoms with van der Waals surface area (Å²) in [6.45, 7) is 0.634. The van der Waals surface area contributed by atoms with Crippen molar-refractivity contribution >= 4 is 28.8 Å². The van der Waals surface area contributed by atoms with Crippen LogP contribution in [0.1, 0.15) is 5.56 Å². The van der Waals surface area contributed by atoms with Gasteiger partial charge in [-0.2, -0.15) is 0 Å². The number of aliphatic hydroxyl groups excluding tert-OH is 2. The molecule has 1 aromatic carbocycles. The number of nitrogens with two attached hydrogens (primary N) is 1. The van der Waals surface area contributed by atoms with E-state index in [0.717, 1.165) is 0 Å². The molecule has 1 rings (SSSR count). The summed E-state index contributed by atoms with van der Waals surface area (Å²) >= 11 is 4.88. The van der Waals surface area contributed by atoms with Crippen molar-refractivity contribution in [3.63, 3.8) is 0 Å². The van der Waals surface area contributed by atoms with E-state index in [2.05, 4.69) is 5.32 Å². The van der Waals surface area contributed by atoms with Crippen LogP contribution in [-0.4, -0.2) is 58.9 Å².